The molecule has 1 fully saturated rings. The van der Waals surface area contributed by atoms with Crippen LogP contribution in [-0.4, -0.2) is 22.8 Å². The van der Waals surface area contributed by atoms with Crippen molar-refractivity contribution in [2.24, 2.45) is 0 Å². The fourth-order valence-corrected chi connectivity index (χ4v) is 3.45. The molecule has 3 N–H and O–H groups in total. The van der Waals surface area contributed by atoms with E-state index in [1.165, 1.54) is 24.4 Å². The van der Waals surface area contributed by atoms with Crippen LogP contribution in [0.2, 0.25) is 5.02 Å². The van der Waals surface area contributed by atoms with E-state index in [1.807, 2.05) is 0 Å². The number of alkyl halides is 3. The third-order valence-electron chi connectivity index (χ3n) is 5.21. The molecule has 1 aliphatic carbocycles. The Balaban J connectivity index is 1.44. The largest absolute Gasteiger partial charge is 0.417 e. The first-order valence-electron chi connectivity index (χ1n) is 10.6. The number of hydrogen-bond acceptors (Lipinski definition) is 4. The Morgan fingerprint density at radius 3 is 2.46 bits per heavy atom. The summed E-state index contributed by atoms with van der Waals surface area (Å²) in [5.74, 6) is -2.03. The van der Waals surface area contributed by atoms with E-state index in [2.05, 4.69) is 20.9 Å². The van der Waals surface area contributed by atoms with Gasteiger partial charge in [-0.2, -0.15) is 13.2 Å². The van der Waals surface area contributed by atoms with Gasteiger partial charge in [0.25, 0.3) is 11.8 Å². The van der Waals surface area contributed by atoms with Crippen molar-refractivity contribution in [3.05, 3.63) is 88.0 Å². The van der Waals surface area contributed by atoms with Crippen LogP contribution in [0, 0.1) is 5.82 Å². The van der Waals surface area contributed by atoms with Crippen LogP contribution in [0.25, 0.3) is 0 Å². The van der Waals surface area contributed by atoms with Gasteiger partial charge in [0.15, 0.2) is 0 Å². The zero-order chi connectivity index (χ0) is 25.2. The fourth-order valence-electron chi connectivity index (χ4n) is 3.23. The van der Waals surface area contributed by atoms with E-state index >= 15 is 0 Å². The van der Waals surface area contributed by atoms with Gasteiger partial charge in [-0.15, -0.1) is 0 Å². The molecule has 0 bridgehead atoms. The predicted molar refractivity (Wildman–Crippen MR) is 123 cm³/mol. The van der Waals surface area contributed by atoms with Gasteiger partial charge < -0.3 is 16.0 Å². The first-order chi connectivity index (χ1) is 16.6. The number of benzene rings is 2. The predicted octanol–water partition coefficient (Wildman–Crippen LogP) is 5.65. The molecule has 1 aliphatic rings. The van der Waals surface area contributed by atoms with Crippen LogP contribution in [0.5, 0.6) is 0 Å². The Hall–Kier alpha value is -3.66. The first kappa shape index (κ1) is 24.5. The van der Waals surface area contributed by atoms with E-state index in [1.54, 1.807) is 12.1 Å². The number of halogens is 5. The summed E-state index contributed by atoms with van der Waals surface area (Å²) in [5.41, 5.74) is -0.260. The number of carbonyl (C=O) groups excluding carboxylic acids is 2. The summed E-state index contributed by atoms with van der Waals surface area (Å²) in [6.07, 6.45) is -1.30. The second-order valence-corrected chi connectivity index (χ2v) is 8.40. The maximum atomic E-state index is 14.3. The van der Waals surface area contributed by atoms with E-state index < -0.39 is 28.5 Å². The second kappa shape index (κ2) is 9.91. The number of nitrogens with one attached hydrogen (secondary N) is 3. The molecule has 0 aliphatic heterocycles. The molecule has 0 unspecified atom stereocenters. The van der Waals surface area contributed by atoms with Gasteiger partial charge >= 0.3 is 6.18 Å². The lowest BCUT2D eigenvalue weighted by Gasteiger charge is -2.13. The van der Waals surface area contributed by atoms with E-state index in [0.29, 0.717) is 11.8 Å². The van der Waals surface area contributed by atoms with Crippen molar-refractivity contribution >= 4 is 34.8 Å². The number of hydrogen-bond donors (Lipinski definition) is 3. The Kier molecular flexibility index (Phi) is 6.93. The number of amides is 2. The summed E-state index contributed by atoms with van der Waals surface area (Å²) >= 11 is 5.59. The molecule has 1 aromatic heterocycles. The highest BCUT2D eigenvalue weighted by molar-refractivity contribution is 6.31. The topological polar surface area (TPSA) is 83.1 Å². The minimum Gasteiger partial charge on any atom is -0.381 e. The van der Waals surface area contributed by atoms with E-state index in [0.717, 1.165) is 30.5 Å². The smallest absolute Gasteiger partial charge is 0.381 e. The molecule has 35 heavy (non-hydrogen) atoms. The van der Waals surface area contributed by atoms with Crippen LogP contribution < -0.4 is 16.0 Å². The molecule has 1 heterocycles. The number of aromatic nitrogens is 1. The molecule has 0 radical (unpaired) electrons. The van der Waals surface area contributed by atoms with E-state index in [9.17, 15) is 27.2 Å². The zero-order valence-electron chi connectivity index (χ0n) is 18.0. The highest BCUT2D eigenvalue weighted by Crippen LogP contribution is 2.36. The van der Waals surface area contributed by atoms with Crippen molar-refractivity contribution < 1.29 is 27.2 Å². The Morgan fingerprint density at radius 2 is 1.74 bits per heavy atom. The number of rotatable bonds is 7. The van der Waals surface area contributed by atoms with Crippen molar-refractivity contribution in [3.8, 4) is 0 Å². The van der Waals surface area contributed by atoms with Crippen LogP contribution in [0.1, 0.15) is 44.8 Å². The van der Waals surface area contributed by atoms with Gasteiger partial charge in [-0.3, -0.25) is 14.6 Å². The van der Waals surface area contributed by atoms with Crippen LogP contribution in [0.3, 0.4) is 0 Å². The quantitative estimate of drug-likeness (QED) is 0.362. The average molecular weight is 507 g/mol. The van der Waals surface area contributed by atoms with Crippen molar-refractivity contribution in [2.75, 3.05) is 10.6 Å². The summed E-state index contributed by atoms with van der Waals surface area (Å²) in [7, 11) is 0. The molecule has 182 valence electrons. The lowest BCUT2D eigenvalue weighted by atomic mass is 10.1. The molecule has 6 nitrogen and oxygen atoms in total. The molecule has 0 spiro atoms. The zero-order valence-corrected chi connectivity index (χ0v) is 18.8. The SMILES string of the molecule is O=C(NC1CC1)c1cc(CNc2ccc(F)c(C(=O)Nc3ccc(Cl)c(C(F)(F)F)c3)c2)ccn1. The highest BCUT2D eigenvalue weighted by atomic mass is 35.5. The summed E-state index contributed by atoms with van der Waals surface area (Å²) in [6, 6.07) is 10.1. The van der Waals surface area contributed by atoms with Crippen LogP contribution in [-0.2, 0) is 12.7 Å². The Bertz CT molecular complexity index is 1280. The molecular weight excluding hydrogens is 488 g/mol. The van der Waals surface area contributed by atoms with Crippen molar-refractivity contribution in [1.82, 2.24) is 10.3 Å². The summed E-state index contributed by atoms with van der Waals surface area (Å²) in [4.78, 5) is 28.8. The Morgan fingerprint density at radius 1 is 1.00 bits per heavy atom. The maximum Gasteiger partial charge on any atom is 0.417 e. The molecule has 2 amide bonds. The lowest BCUT2D eigenvalue weighted by Crippen LogP contribution is -2.26. The van der Waals surface area contributed by atoms with E-state index in [4.69, 9.17) is 11.6 Å². The highest BCUT2D eigenvalue weighted by Gasteiger charge is 2.33. The molecule has 4 rings (SSSR count). The number of carbonyl (C=O) groups is 2. The van der Waals surface area contributed by atoms with Gasteiger partial charge in [0.05, 0.1) is 16.1 Å². The van der Waals surface area contributed by atoms with Gasteiger partial charge in [0.2, 0.25) is 0 Å². The number of pyridine rings is 1. The fraction of sp³-hybridized carbons (Fsp3) is 0.208. The third kappa shape index (κ3) is 6.27. The van der Waals surface area contributed by atoms with Crippen molar-refractivity contribution in [1.29, 1.82) is 0 Å². The van der Waals surface area contributed by atoms with Gasteiger partial charge in [0.1, 0.15) is 11.5 Å². The average Bonchev–Trinajstić information content (AvgIpc) is 3.63. The van der Waals surface area contributed by atoms with Crippen LogP contribution >= 0.6 is 11.6 Å². The molecule has 0 atom stereocenters. The molecular formula is C24H19ClF4N4O2. The monoisotopic (exact) mass is 506 g/mol. The van der Waals surface area contributed by atoms with Gasteiger partial charge in [-0.05, 0) is 66.9 Å². The number of nitrogens with zero attached hydrogens (tertiary/aromatic N) is 1. The normalized spacial score (nSPS) is 13.3. The van der Waals surface area contributed by atoms with Gasteiger partial charge in [-0.25, -0.2) is 4.39 Å². The molecule has 3 aromatic rings. The minimum absolute atomic E-state index is 0.182. The maximum absolute atomic E-state index is 14.3. The van der Waals surface area contributed by atoms with E-state index in [-0.39, 0.29) is 35.4 Å². The number of anilines is 2. The van der Waals surface area contributed by atoms with Crippen molar-refractivity contribution in [3.63, 3.8) is 0 Å². The summed E-state index contributed by atoms with van der Waals surface area (Å²) in [6.45, 7) is 0.255. The molecule has 11 heteroatoms. The first-order valence-corrected chi connectivity index (χ1v) is 11.0. The molecule has 1 saturated carbocycles. The molecule has 0 saturated heterocycles. The second-order valence-electron chi connectivity index (χ2n) is 7.99. The van der Waals surface area contributed by atoms with Crippen LogP contribution in [0.4, 0.5) is 28.9 Å². The van der Waals surface area contributed by atoms with Gasteiger partial charge in [-0.1, -0.05) is 11.6 Å². The Labute approximate surface area is 202 Å². The lowest BCUT2D eigenvalue weighted by molar-refractivity contribution is -0.137. The summed E-state index contributed by atoms with van der Waals surface area (Å²) in [5, 5.41) is 7.63. The minimum atomic E-state index is -4.71. The van der Waals surface area contributed by atoms with Gasteiger partial charge in [0, 0.05) is 30.2 Å². The van der Waals surface area contributed by atoms with Crippen LogP contribution in [0.15, 0.2) is 54.7 Å². The van der Waals surface area contributed by atoms with Crippen molar-refractivity contribution in [2.45, 2.75) is 31.6 Å². The third-order valence-corrected chi connectivity index (χ3v) is 5.54. The summed E-state index contributed by atoms with van der Waals surface area (Å²) < 4.78 is 53.5. The molecule has 2 aromatic carbocycles. The standard InChI is InChI=1S/C24H19ClF4N4O2/c25-19-5-3-16(11-18(19)24(27,28)29)33-22(34)17-10-15(4-6-20(17)26)31-12-13-7-8-30-21(9-13)23(35)32-14-1-2-14/h3-11,14,31H,1-2,12H2,(H,32,35)(H,33,34).